The molecule has 1 heterocycles. The molecule has 0 aliphatic rings. The smallest absolute Gasteiger partial charge is 0.336 e. The van der Waals surface area contributed by atoms with Crippen LogP contribution in [0, 0.1) is 10.1 Å². The van der Waals surface area contributed by atoms with Gasteiger partial charge in [-0.1, -0.05) is 0 Å². The number of methoxy groups -OCH3 is 1. The van der Waals surface area contributed by atoms with Gasteiger partial charge in [0, 0.05) is 30.2 Å². The first-order valence-corrected chi connectivity index (χ1v) is 6.90. The van der Waals surface area contributed by atoms with E-state index in [2.05, 4.69) is 0 Å². The number of benzene rings is 1. The number of aliphatic hydroxyl groups excluding tert-OH is 1. The molecule has 9 nitrogen and oxygen atoms in total. The molecule has 0 amide bonds. The summed E-state index contributed by atoms with van der Waals surface area (Å²) < 4.78 is 15.2. The van der Waals surface area contributed by atoms with Gasteiger partial charge in [-0.2, -0.15) is 0 Å². The minimum absolute atomic E-state index is 0.00655. The van der Waals surface area contributed by atoms with Gasteiger partial charge >= 0.3 is 11.6 Å². The van der Waals surface area contributed by atoms with Crippen LogP contribution in [0.15, 0.2) is 21.3 Å². The van der Waals surface area contributed by atoms with Crippen molar-refractivity contribution in [1.29, 1.82) is 0 Å². The zero-order valence-electron chi connectivity index (χ0n) is 13.2. The van der Waals surface area contributed by atoms with Crippen molar-refractivity contribution in [2.24, 2.45) is 0 Å². The summed E-state index contributed by atoms with van der Waals surface area (Å²) in [4.78, 5) is 33.8. The maximum absolute atomic E-state index is 11.8. The summed E-state index contributed by atoms with van der Waals surface area (Å²) >= 11 is 0. The predicted molar refractivity (Wildman–Crippen MR) is 81.8 cm³/mol. The fourth-order valence-corrected chi connectivity index (χ4v) is 2.50. The number of hydrogen-bond donors (Lipinski definition) is 1. The van der Waals surface area contributed by atoms with E-state index >= 15 is 0 Å². The fourth-order valence-electron chi connectivity index (χ4n) is 2.50. The van der Waals surface area contributed by atoms with E-state index in [1.165, 1.54) is 21.0 Å². The lowest BCUT2D eigenvalue weighted by Gasteiger charge is -2.16. The second kappa shape index (κ2) is 6.67. The Morgan fingerprint density at radius 3 is 2.62 bits per heavy atom. The Morgan fingerprint density at radius 2 is 2.12 bits per heavy atom. The van der Waals surface area contributed by atoms with Gasteiger partial charge in [0.2, 0.25) is 0 Å². The number of ether oxygens (including phenoxy) is 2. The highest BCUT2D eigenvalue weighted by Gasteiger charge is 2.27. The summed E-state index contributed by atoms with van der Waals surface area (Å²) in [6.45, 7) is 2.11. The number of carbonyl (C=O) groups is 1. The van der Waals surface area contributed by atoms with Crippen LogP contribution in [0.3, 0.4) is 0 Å². The number of aliphatic hydroxyl groups is 1. The maximum Gasteiger partial charge on any atom is 0.336 e. The van der Waals surface area contributed by atoms with Crippen LogP contribution < -0.4 is 10.4 Å². The molecule has 0 aliphatic carbocycles. The average molecular weight is 337 g/mol. The van der Waals surface area contributed by atoms with Crippen LogP contribution in [0.2, 0.25) is 0 Å². The van der Waals surface area contributed by atoms with E-state index in [1.54, 1.807) is 0 Å². The number of fused-ring (bicyclic) bond motifs is 1. The quantitative estimate of drug-likeness (QED) is 0.378. The second-order valence-electron chi connectivity index (χ2n) is 4.98. The molecule has 1 unspecified atom stereocenters. The van der Waals surface area contributed by atoms with Crippen LogP contribution in [0.5, 0.6) is 5.75 Å². The van der Waals surface area contributed by atoms with Crippen molar-refractivity contribution >= 4 is 22.6 Å². The van der Waals surface area contributed by atoms with Crippen LogP contribution >= 0.6 is 0 Å². The zero-order valence-corrected chi connectivity index (χ0v) is 13.2. The second-order valence-corrected chi connectivity index (χ2v) is 4.98. The molecule has 24 heavy (non-hydrogen) atoms. The highest BCUT2D eigenvalue weighted by molar-refractivity contribution is 5.95. The predicted octanol–water partition coefficient (Wildman–Crippen LogP) is 1.83. The van der Waals surface area contributed by atoms with Gasteiger partial charge < -0.3 is 19.0 Å². The largest absolute Gasteiger partial charge is 0.492 e. The number of hydrogen-bond acceptors (Lipinski definition) is 8. The van der Waals surface area contributed by atoms with Crippen molar-refractivity contribution < 1.29 is 28.7 Å². The third kappa shape index (κ3) is 3.06. The molecule has 2 rings (SSSR count). The minimum atomic E-state index is -0.919. The normalized spacial score (nSPS) is 12.0. The SMILES string of the molecule is COc1c(CO)cc([N+](=O)[O-])c2c(C(C)OC(C)=O)cc(=O)oc12. The first-order valence-electron chi connectivity index (χ1n) is 6.90. The van der Waals surface area contributed by atoms with Crippen LogP contribution in [-0.2, 0) is 16.1 Å². The molecule has 1 N–H and O–H groups in total. The Bertz CT molecular complexity index is 870. The number of rotatable bonds is 5. The molecule has 0 bridgehead atoms. The van der Waals surface area contributed by atoms with Gasteiger partial charge in [0.1, 0.15) is 11.5 Å². The van der Waals surface area contributed by atoms with Crippen molar-refractivity contribution in [3.05, 3.63) is 43.8 Å². The molecule has 9 heteroatoms. The number of carbonyl (C=O) groups excluding carboxylic acids is 1. The number of nitro benzene ring substituents is 1. The standard InChI is InChI=1S/C15H15NO8/c1-7(23-8(2)18)10-5-12(19)24-15-13(10)11(16(20)21)4-9(6-17)14(15)22-3/h4-5,7,17H,6H2,1-3H3. The van der Waals surface area contributed by atoms with E-state index in [0.717, 1.165) is 12.1 Å². The molecule has 0 saturated carbocycles. The van der Waals surface area contributed by atoms with E-state index in [1.807, 2.05) is 0 Å². The highest BCUT2D eigenvalue weighted by atomic mass is 16.6. The van der Waals surface area contributed by atoms with E-state index in [0.29, 0.717) is 0 Å². The van der Waals surface area contributed by atoms with Crippen LogP contribution in [0.25, 0.3) is 11.0 Å². The molecule has 128 valence electrons. The van der Waals surface area contributed by atoms with Crippen molar-refractivity contribution in [1.82, 2.24) is 0 Å². The molecule has 0 aliphatic heterocycles. The Balaban J connectivity index is 2.96. The van der Waals surface area contributed by atoms with Gasteiger partial charge in [-0.3, -0.25) is 14.9 Å². The lowest BCUT2D eigenvalue weighted by atomic mass is 10.0. The van der Waals surface area contributed by atoms with Crippen molar-refractivity contribution in [2.45, 2.75) is 26.6 Å². The molecule has 0 spiro atoms. The van der Waals surface area contributed by atoms with E-state index in [-0.39, 0.29) is 27.8 Å². The topological polar surface area (TPSA) is 129 Å². The van der Waals surface area contributed by atoms with Crippen molar-refractivity contribution in [2.75, 3.05) is 7.11 Å². The molecule has 1 aromatic heterocycles. The molecule has 1 aromatic carbocycles. The summed E-state index contributed by atoms with van der Waals surface area (Å²) in [5.74, 6) is -0.599. The van der Waals surface area contributed by atoms with Gasteiger partial charge in [-0.25, -0.2) is 4.79 Å². The minimum Gasteiger partial charge on any atom is -0.492 e. The van der Waals surface area contributed by atoms with Gasteiger partial charge in [0.15, 0.2) is 11.3 Å². The molecular formula is C15H15NO8. The summed E-state index contributed by atoms with van der Waals surface area (Å²) in [7, 11) is 1.28. The molecular weight excluding hydrogens is 322 g/mol. The Hall–Kier alpha value is -2.94. The molecule has 2 aromatic rings. The van der Waals surface area contributed by atoms with Crippen molar-refractivity contribution in [3.63, 3.8) is 0 Å². The average Bonchev–Trinajstić information content (AvgIpc) is 2.51. The van der Waals surface area contributed by atoms with Gasteiger partial charge in [0.05, 0.1) is 18.6 Å². The van der Waals surface area contributed by atoms with Crippen LogP contribution in [0.4, 0.5) is 5.69 Å². The fraction of sp³-hybridized carbons (Fsp3) is 0.333. The number of nitro groups is 1. The zero-order chi connectivity index (χ0) is 18.0. The molecule has 0 fully saturated rings. The summed E-state index contributed by atoms with van der Waals surface area (Å²) in [5, 5.41) is 20.8. The Labute approximate surface area is 135 Å². The first-order chi connectivity index (χ1) is 11.3. The molecule has 1 atom stereocenters. The third-order valence-electron chi connectivity index (χ3n) is 3.41. The highest BCUT2D eigenvalue weighted by Crippen LogP contribution is 2.40. The number of non-ortho nitro benzene ring substituents is 1. The summed E-state index contributed by atoms with van der Waals surface area (Å²) in [6, 6.07) is 2.16. The molecule has 0 saturated heterocycles. The van der Waals surface area contributed by atoms with Gasteiger partial charge in [-0.15, -0.1) is 0 Å². The monoisotopic (exact) mass is 337 g/mol. The molecule has 0 radical (unpaired) electrons. The number of esters is 1. The van der Waals surface area contributed by atoms with Crippen molar-refractivity contribution in [3.8, 4) is 5.75 Å². The van der Waals surface area contributed by atoms with E-state index in [9.17, 15) is 24.8 Å². The van der Waals surface area contributed by atoms with E-state index in [4.69, 9.17) is 13.9 Å². The first kappa shape index (κ1) is 17.4. The Morgan fingerprint density at radius 1 is 1.46 bits per heavy atom. The summed E-state index contributed by atoms with van der Waals surface area (Å²) in [5.41, 5.74) is -1.16. The van der Waals surface area contributed by atoms with Gasteiger partial charge in [0.25, 0.3) is 5.69 Å². The van der Waals surface area contributed by atoms with E-state index < -0.39 is 34.9 Å². The third-order valence-corrected chi connectivity index (χ3v) is 3.41. The Kier molecular flexibility index (Phi) is 4.84. The van der Waals surface area contributed by atoms with Crippen LogP contribution in [-0.4, -0.2) is 23.1 Å². The van der Waals surface area contributed by atoms with Gasteiger partial charge in [-0.05, 0) is 6.92 Å². The number of nitrogens with zero attached hydrogens (tertiary/aromatic N) is 1. The summed E-state index contributed by atoms with van der Waals surface area (Å²) in [6.07, 6.45) is -0.919. The lowest BCUT2D eigenvalue weighted by molar-refractivity contribution is -0.383. The van der Waals surface area contributed by atoms with Crippen LogP contribution in [0.1, 0.15) is 31.1 Å². The lowest BCUT2D eigenvalue weighted by Crippen LogP contribution is -2.11. The maximum atomic E-state index is 11.8.